The molecule has 2 aromatic heterocycles. The maximum atomic E-state index is 12.4. The number of nitrogens with zero attached hydrogens (tertiary/aromatic N) is 3. The van der Waals surface area contributed by atoms with Crippen LogP contribution < -0.4 is 10.6 Å². The Morgan fingerprint density at radius 3 is 2.56 bits per heavy atom. The second-order valence-corrected chi connectivity index (χ2v) is 7.23. The van der Waals surface area contributed by atoms with Crippen molar-refractivity contribution in [2.75, 3.05) is 17.7 Å². The second kappa shape index (κ2) is 8.41. The van der Waals surface area contributed by atoms with E-state index in [9.17, 15) is 9.59 Å². The van der Waals surface area contributed by atoms with E-state index in [0.717, 1.165) is 9.88 Å². The van der Waals surface area contributed by atoms with Gasteiger partial charge in [-0.2, -0.15) is 0 Å². The van der Waals surface area contributed by atoms with E-state index < -0.39 is 0 Å². The fraction of sp³-hybridized carbons (Fsp3) is 0.158. The first kappa shape index (κ1) is 18.5. The number of anilines is 2. The lowest BCUT2D eigenvalue weighted by Gasteiger charge is -2.17. The van der Waals surface area contributed by atoms with Crippen LogP contribution in [0.15, 0.2) is 55.0 Å². The highest BCUT2D eigenvalue weighted by Crippen LogP contribution is 2.18. The van der Waals surface area contributed by atoms with Crippen LogP contribution in [0.5, 0.6) is 0 Å². The first-order valence-electron chi connectivity index (χ1n) is 8.26. The Balaban J connectivity index is 1.61. The third-order valence-corrected chi connectivity index (χ3v) is 4.60. The van der Waals surface area contributed by atoms with Crippen molar-refractivity contribution in [1.29, 1.82) is 0 Å². The molecule has 0 bridgehead atoms. The van der Waals surface area contributed by atoms with E-state index in [1.54, 1.807) is 72.1 Å². The Hall–Kier alpha value is -3.26. The summed E-state index contributed by atoms with van der Waals surface area (Å²) in [5.41, 5.74) is 1.64. The molecule has 138 valence electrons. The van der Waals surface area contributed by atoms with Gasteiger partial charge in [0.2, 0.25) is 0 Å². The van der Waals surface area contributed by atoms with E-state index in [-0.39, 0.29) is 11.9 Å². The number of benzene rings is 1. The number of thiazole rings is 1. The molecule has 3 amide bonds. The smallest absolute Gasteiger partial charge is 0.321 e. The number of aryl methyl sites for hydroxylation is 1. The van der Waals surface area contributed by atoms with Crippen LogP contribution in [0.4, 0.5) is 16.2 Å². The number of hydrogen-bond acceptors (Lipinski definition) is 5. The van der Waals surface area contributed by atoms with Crippen molar-refractivity contribution in [3.63, 3.8) is 0 Å². The molecule has 0 fully saturated rings. The van der Waals surface area contributed by atoms with E-state index in [1.807, 2.05) is 6.92 Å². The minimum atomic E-state index is -0.260. The molecule has 3 rings (SSSR count). The predicted octanol–water partition coefficient (Wildman–Crippen LogP) is 3.76. The summed E-state index contributed by atoms with van der Waals surface area (Å²) in [6.45, 7) is 2.41. The molecule has 0 aliphatic carbocycles. The molecule has 0 aliphatic rings. The molecule has 0 atom stereocenters. The fourth-order valence-corrected chi connectivity index (χ4v) is 3.23. The molecule has 0 saturated heterocycles. The molecular formula is C19H19N5O2S. The van der Waals surface area contributed by atoms with Gasteiger partial charge in [0.1, 0.15) is 0 Å². The van der Waals surface area contributed by atoms with Crippen LogP contribution in [0.25, 0.3) is 0 Å². The van der Waals surface area contributed by atoms with Gasteiger partial charge in [0.15, 0.2) is 0 Å². The van der Waals surface area contributed by atoms with E-state index in [4.69, 9.17) is 0 Å². The second-order valence-electron chi connectivity index (χ2n) is 5.91. The summed E-state index contributed by atoms with van der Waals surface area (Å²) in [6, 6.07) is 10.1. The molecule has 0 spiro atoms. The molecule has 0 aliphatic heterocycles. The standard InChI is InChI=1S/C19H19N5O2S/c1-13-21-11-17(27-13)12-24(2)19(26)23-16-7-3-6-15(9-16)22-18(25)14-5-4-8-20-10-14/h3-11H,12H2,1-2H3,(H,22,25)(H,23,26). The fourth-order valence-electron chi connectivity index (χ4n) is 2.38. The van der Waals surface area contributed by atoms with Gasteiger partial charge in [-0.15, -0.1) is 11.3 Å². The lowest BCUT2D eigenvalue weighted by molar-refractivity contribution is 0.102. The summed E-state index contributed by atoms with van der Waals surface area (Å²) in [5.74, 6) is -0.260. The van der Waals surface area contributed by atoms with Gasteiger partial charge in [-0.1, -0.05) is 6.07 Å². The summed E-state index contributed by atoms with van der Waals surface area (Å²) in [6.07, 6.45) is 4.88. The summed E-state index contributed by atoms with van der Waals surface area (Å²) >= 11 is 1.56. The van der Waals surface area contributed by atoms with Gasteiger partial charge in [0.25, 0.3) is 5.91 Å². The molecule has 0 unspecified atom stereocenters. The van der Waals surface area contributed by atoms with Gasteiger partial charge >= 0.3 is 6.03 Å². The molecule has 1 aromatic carbocycles. The largest absolute Gasteiger partial charge is 0.322 e. The number of aromatic nitrogens is 2. The highest BCUT2D eigenvalue weighted by atomic mass is 32.1. The van der Waals surface area contributed by atoms with Gasteiger partial charge in [0.05, 0.1) is 17.1 Å². The Bertz CT molecular complexity index is 942. The van der Waals surface area contributed by atoms with Crippen molar-refractivity contribution < 1.29 is 9.59 Å². The monoisotopic (exact) mass is 381 g/mol. The maximum Gasteiger partial charge on any atom is 0.321 e. The lowest BCUT2D eigenvalue weighted by Crippen LogP contribution is -2.30. The van der Waals surface area contributed by atoms with Crippen molar-refractivity contribution in [2.45, 2.75) is 13.5 Å². The van der Waals surface area contributed by atoms with E-state index in [1.165, 1.54) is 6.20 Å². The molecule has 7 nitrogen and oxygen atoms in total. The molecule has 3 aromatic rings. The molecule has 2 N–H and O–H groups in total. The van der Waals surface area contributed by atoms with Crippen LogP contribution in [0.1, 0.15) is 20.2 Å². The highest BCUT2D eigenvalue weighted by molar-refractivity contribution is 7.11. The van der Waals surface area contributed by atoms with Gasteiger partial charge < -0.3 is 15.5 Å². The van der Waals surface area contributed by atoms with Crippen LogP contribution in [0, 0.1) is 6.92 Å². The average molecular weight is 381 g/mol. The van der Waals surface area contributed by atoms with Crippen LogP contribution in [0.2, 0.25) is 0 Å². The summed E-state index contributed by atoms with van der Waals surface area (Å²) < 4.78 is 0. The highest BCUT2D eigenvalue weighted by Gasteiger charge is 2.12. The minimum Gasteiger partial charge on any atom is -0.322 e. The van der Waals surface area contributed by atoms with Gasteiger partial charge in [-0.05, 0) is 37.3 Å². The molecule has 27 heavy (non-hydrogen) atoms. The first-order valence-corrected chi connectivity index (χ1v) is 9.08. The van der Waals surface area contributed by atoms with E-state index in [0.29, 0.717) is 23.5 Å². The zero-order chi connectivity index (χ0) is 19.2. The van der Waals surface area contributed by atoms with Crippen LogP contribution in [-0.4, -0.2) is 33.9 Å². The zero-order valence-corrected chi connectivity index (χ0v) is 15.8. The van der Waals surface area contributed by atoms with E-state index >= 15 is 0 Å². The number of hydrogen-bond donors (Lipinski definition) is 2. The Morgan fingerprint density at radius 1 is 1.11 bits per heavy atom. The molecule has 0 saturated carbocycles. The first-order chi connectivity index (χ1) is 13.0. The van der Waals surface area contributed by atoms with Gasteiger partial charge in [0, 0.05) is 41.9 Å². The van der Waals surface area contributed by atoms with Crippen molar-refractivity contribution >= 4 is 34.6 Å². The van der Waals surface area contributed by atoms with Crippen LogP contribution in [0.3, 0.4) is 0 Å². The van der Waals surface area contributed by atoms with E-state index in [2.05, 4.69) is 20.6 Å². The normalized spacial score (nSPS) is 10.3. The van der Waals surface area contributed by atoms with Gasteiger partial charge in [-0.3, -0.25) is 9.78 Å². The molecule has 2 heterocycles. The topological polar surface area (TPSA) is 87.2 Å². The summed E-state index contributed by atoms with van der Waals surface area (Å²) in [5, 5.41) is 6.59. The predicted molar refractivity (Wildman–Crippen MR) is 106 cm³/mol. The SMILES string of the molecule is Cc1ncc(CN(C)C(=O)Nc2cccc(NC(=O)c3cccnc3)c2)s1. The van der Waals surface area contributed by atoms with Crippen molar-refractivity contribution in [3.05, 3.63) is 70.4 Å². The number of carbonyl (C=O) groups excluding carboxylic acids is 2. The number of amides is 3. The molecule has 0 radical (unpaired) electrons. The van der Waals surface area contributed by atoms with Gasteiger partial charge in [-0.25, -0.2) is 9.78 Å². The maximum absolute atomic E-state index is 12.4. The van der Waals surface area contributed by atoms with Crippen molar-refractivity contribution in [2.24, 2.45) is 0 Å². The number of urea groups is 1. The zero-order valence-electron chi connectivity index (χ0n) is 15.0. The lowest BCUT2D eigenvalue weighted by atomic mass is 10.2. The number of rotatable bonds is 5. The summed E-state index contributed by atoms with van der Waals surface area (Å²) in [7, 11) is 1.72. The van der Waals surface area contributed by atoms with Crippen molar-refractivity contribution in [1.82, 2.24) is 14.9 Å². The third kappa shape index (κ3) is 5.11. The molecule has 8 heteroatoms. The average Bonchev–Trinajstić information content (AvgIpc) is 3.07. The number of pyridine rings is 1. The number of carbonyl (C=O) groups is 2. The van der Waals surface area contributed by atoms with Crippen molar-refractivity contribution in [3.8, 4) is 0 Å². The Labute approximate surface area is 161 Å². The Morgan fingerprint density at radius 2 is 1.89 bits per heavy atom. The van der Waals surface area contributed by atoms with Crippen LogP contribution >= 0.6 is 11.3 Å². The quantitative estimate of drug-likeness (QED) is 0.704. The molecular weight excluding hydrogens is 362 g/mol. The number of nitrogens with one attached hydrogen (secondary N) is 2. The Kier molecular flexibility index (Phi) is 5.77. The third-order valence-electron chi connectivity index (χ3n) is 3.70. The minimum absolute atomic E-state index is 0.239. The summed E-state index contributed by atoms with van der Waals surface area (Å²) in [4.78, 5) is 35.3. The van der Waals surface area contributed by atoms with Crippen LogP contribution in [-0.2, 0) is 6.54 Å².